The second-order valence-corrected chi connectivity index (χ2v) is 3.56. The number of halogens is 4. The molecular formula is C6H8BF4NOS. The molecule has 0 fully saturated rings. The first kappa shape index (κ1) is 13.2. The third-order valence-electron chi connectivity index (χ3n) is 1.02. The van der Waals surface area contributed by atoms with Gasteiger partial charge in [0.1, 0.15) is 6.26 Å². The van der Waals surface area contributed by atoms with Crippen LogP contribution in [0.15, 0.2) is 29.4 Å². The molecule has 0 radical (unpaired) electrons. The average Bonchev–Trinajstić information content (AvgIpc) is 2.03. The minimum absolute atomic E-state index is 0.849. The normalized spacial score (nSPS) is 12.7. The molecule has 1 aromatic heterocycles. The van der Waals surface area contributed by atoms with Crippen LogP contribution in [-0.4, -0.2) is 18.1 Å². The first-order valence-electron chi connectivity index (χ1n) is 3.47. The van der Waals surface area contributed by atoms with E-state index in [-0.39, 0.29) is 0 Å². The maximum Gasteiger partial charge on any atom is 0.673 e. The van der Waals surface area contributed by atoms with Crippen molar-refractivity contribution in [1.29, 1.82) is 0 Å². The Bertz CT molecular complexity index is 250. The molecule has 14 heavy (non-hydrogen) atoms. The van der Waals surface area contributed by atoms with Crippen LogP contribution >= 0.6 is 0 Å². The summed E-state index contributed by atoms with van der Waals surface area (Å²) in [4.78, 5) is 3.71. The van der Waals surface area contributed by atoms with Crippen molar-refractivity contribution in [3.8, 4) is 0 Å². The van der Waals surface area contributed by atoms with Gasteiger partial charge in [-0.2, -0.15) is 0 Å². The fourth-order valence-corrected chi connectivity index (χ4v) is 1.08. The van der Waals surface area contributed by atoms with Crippen LogP contribution in [0.1, 0.15) is 0 Å². The number of H-pyrrole nitrogens is 1. The van der Waals surface area contributed by atoms with Crippen LogP contribution in [0.2, 0.25) is 0 Å². The first-order chi connectivity index (χ1) is 6.30. The number of hydrogen-bond donors (Lipinski definition) is 0. The van der Waals surface area contributed by atoms with E-state index in [1.165, 1.54) is 0 Å². The summed E-state index contributed by atoms with van der Waals surface area (Å²) in [6.07, 6.45) is 5.18. The quantitative estimate of drug-likeness (QED) is 0.408. The van der Waals surface area contributed by atoms with Crippen molar-refractivity contribution in [2.24, 2.45) is 0 Å². The lowest BCUT2D eigenvalue weighted by Gasteiger charge is -1.99. The van der Waals surface area contributed by atoms with E-state index in [1.54, 1.807) is 30.8 Å². The number of nitrogens with one attached hydrogen (secondary N) is 1. The van der Waals surface area contributed by atoms with Crippen molar-refractivity contribution in [3.05, 3.63) is 24.5 Å². The molecular weight excluding hydrogens is 221 g/mol. The third-order valence-corrected chi connectivity index (χ3v) is 1.96. The van der Waals surface area contributed by atoms with Gasteiger partial charge in [0.05, 0.1) is 12.1 Å². The molecule has 0 saturated carbocycles. The Labute approximate surface area is 81.6 Å². The standard InChI is InChI=1S/C6H7NOS.BF4/c1-9(8)6-2-4-7-5-3-6;2-1(3,4)5/h2-5H,1H3;/q;-1/p+1. The number of rotatable bonds is 1. The molecule has 1 unspecified atom stereocenters. The van der Waals surface area contributed by atoms with Crippen LogP contribution in [-0.2, 0) is 11.2 Å². The highest BCUT2D eigenvalue weighted by Crippen LogP contribution is 2.06. The van der Waals surface area contributed by atoms with Crippen molar-refractivity contribution >= 4 is 18.4 Å². The Morgan fingerprint density at radius 1 is 1.21 bits per heavy atom. The van der Waals surface area contributed by atoms with E-state index in [1.807, 2.05) is 0 Å². The Balaban J connectivity index is 0.000000292. The zero-order valence-corrected chi connectivity index (χ0v) is 8.03. The molecule has 0 aromatic carbocycles. The number of pyridine rings is 1. The van der Waals surface area contributed by atoms with Crippen LogP contribution in [0.25, 0.3) is 0 Å². The maximum absolute atomic E-state index is 10.7. The van der Waals surface area contributed by atoms with E-state index in [0.29, 0.717) is 0 Å². The highest BCUT2D eigenvalue weighted by Gasteiger charge is 2.20. The zero-order chi connectivity index (χ0) is 11.2. The summed E-state index contributed by atoms with van der Waals surface area (Å²) in [7, 11) is -6.00. The summed E-state index contributed by atoms with van der Waals surface area (Å²) in [6, 6.07) is 3.60. The Kier molecular flexibility index (Phi) is 5.55. The van der Waals surface area contributed by atoms with E-state index >= 15 is 0 Å². The van der Waals surface area contributed by atoms with Gasteiger partial charge in [-0.1, -0.05) is 0 Å². The molecule has 1 atom stereocenters. The van der Waals surface area contributed by atoms with E-state index < -0.39 is 18.4 Å². The second kappa shape index (κ2) is 5.87. The molecule has 1 rings (SSSR count). The first-order valence-corrected chi connectivity index (χ1v) is 5.03. The Hall–Kier alpha value is -0.755. The summed E-state index contributed by atoms with van der Waals surface area (Å²) in [5, 5.41) is 0. The van der Waals surface area contributed by atoms with Gasteiger partial charge in [-0.25, -0.2) is 4.98 Å². The van der Waals surface area contributed by atoms with E-state index in [0.717, 1.165) is 4.90 Å². The van der Waals surface area contributed by atoms with Crippen LogP contribution < -0.4 is 4.98 Å². The molecule has 0 aliphatic carbocycles. The lowest BCUT2D eigenvalue weighted by atomic mass is 10.3. The molecule has 0 spiro atoms. The summed E-state index contributed by atoms with van der Waals surface area (Å²) >= 11 is -0.849. The largest absolute Gasteiger partial charge is 0.673 e. The molecule has 0 bridgehead atoms. The Morgan fingerprint density at radius 2 is 1.57 bits per heavy atom. The van der Waals surface area contributed by atoms with Gasteiger partial charge in [0.15, 0.2) is 17.3 Å². The van der Waals surface area contributed by atoms with Crippen LogP contribution in [0.4, 0.5) is 17.3 Å². The highest BCUT2D eigenvalue weighted by atomic mass is 32.2. The zero-order valence-electron chi connectivity index (χ0n) is 7.22. The van der Waals surface area contributed by atoms with Crippen molar-refractivity contribution in [1.82, 2.24) is 0 Å². The SMILES string of the molecule is C[S+]([O-])c1cc[nH+]cc1.F[B-](F)(F)F. The number of hydrogen-bond acceptors (Lipinski definition) is 1. The molecule has 0 aliphatic heterocycles. The van der Waals surface area contributed by atoms with Gasteiger partial charge < -0.3 is 21.8 Å². The minimum atomic E-state index is -6.00. The lowest BCUT2D eigenvalue weighted by molar-refractivity contribution is -0.378. The smallest absolute Gasteiger partial charge is 0.612 e. The van der Waals surface area contributed by atoms with Crippen molar-refractivity contribution in [2.75, 3.05) is 6.26 Å². The molecule has 1 N–H and O–H groups in total. The Morgan fingerprint density at radius 3 is 1.79 bits per heavy atom. The summed E-state index contributed by atoms with van der Waals surface area (Å²) < 4.78 is 49.7. The van der Waals surface area contributed by atoms with Gasteiger partial charge >= 0.3 is 7.25 Å². The third kappa shape index (κ3) is 9.33. The molecule has 80 valence electrons. The van der Waals surface area contributed by atoms with Crippen molar-refractivity contribution < 1.29 is 26.8 Å². The van der Waals surface area contributed by atoms with E-state index in [4.69, 9.17) is 0 Å². The summed E-state index contributed by atoms with van der Waals surface area (Å²) in [5.74, 6) is 0. The molecule has 2 nitrogen and oxygen atoms in total. The molecule has 1 heterocycles. The van der Waals surface area contributed by atoms with Crippen molar-refractivity contribution in [3.63, 3.8) is 0 Å². The van der Waals surface area contributed by atoms with Crippen LogP contribution in [0.3, 0.4) is 0 Å². The van der Waals surface area contributed by atoms with Gasteiger partial charge in [-0.15, -0.1) is 0 Å². The fourth-order valence-electron chi connectivity index (χ4n) is 0.563. The molecule has 1 aromatic rings. The monoisotopic (exact) mass is 229 g/mol. The summed E-state index contributed by atoms with van der Waals surface area (Å²) in [6.45, 7) is 0. The minimum Gasteiger partial charge on any atom is -0.612 e. The average molecular weight is 229 g/mol. The highest BCUT2D eigenvalue weighted by molar-refractivity contribution is 7.90. The second-order valence-electron chi connectivity index (χ2n) is 2.18. The summed E-state index contributed by atoms with van der Waals surface area (Å²) in [5.41, 5.74) is 0. The van der Waals surface area contributed by atoms with E-state index in [2.05, 4.69) is 4.98 Å². The topological polar surface area (TPSA) is 37.2 Å². The van der Waals surface area contributed by atoms with Gasteiger partial charge in [0.25, 0.3) is 0 Å². The number of aromatic nitrogens is 1. The van der Waals surface area contributed by atoms with E-state index in [9.17, 15) is 21.8 Å². The molecule has 0 amide bonds. The molecule has 0 aliphatic rings. The maximum atomic E-state index is 10.7. The van der Waals surface area contributed by atoms with Gasteiger partial charge in [0.2, 0.25) is 0 Å². The molecule has 0 saturated heterocycles. The van der Waals surface area contributed by atoms with Crippen molar-refractivity contribution in [2.45, 2.75) is 4.90 Å². The van der Waals surface area contributed by atoms with Crippen LogP contribution in [0.5, 0.6) is 0 Å². The van der Waals surface area contributed by atoms with Gasteiger partial charge in [-0.05, 0) is 11.2 Å². The fraction of sp³-hybridized carbons (Fsp3) is 0.167. The van der Waals surface area contributed by atoms with Crippen LogP contribution in [0, 0.1) is 0 Å². The lowest BCUT2D eigenvalue weighted by Crippen LogP contribution is -2.02. The predicted molar refractivity (Wildman–Crippen MR) is 45.5 cm³/mol. The number of aromatic amines is 1. The predicted octanol–water partition coefficient (Wildman–Crippen LogP) is 1.54. The van der Waals surface area contributed by atoms with Gasteiger partial charge in [0, 0.05) is 0 Å². The van der Waals surface area contributed by atoms with Gasteiger partial charge in [-0.3, -0.25) is 0 Å². The molecule has 8 heteroatoms.